The number of benzene rings is 1. The minimum atomic E-state index is -1.10. The van der Waals surface area contributed by atoms with Gasteiger partial charge in [0.15, 0.2) is 0 Å². The Balaban J connectivity index is 1.61. The maximum absolute atomic E-state index is 12.7. The Morgan fingerprint density at radius 3 is 2.74 bits per heavy atom. The van der Waals surface area contributed by atoms with E-state index in [-0.39, 0.29) is 45.9 Å². The van der Waals surface area contributed by atoms with Gasteiger partial charge in [0.05, 0.1) is 27.9 Å². The molecular weight excluding hydrogens is 366 g/mol. The maximum atomic E-state index is 12.7. The molecule has 0 radical (unpaired) electrons. The van der Waals surface area contributed by atoms with Gasteiger partial charge in [-0.2, -0.15) is 0 Å². The van der Waals surface area contributed by atoms with Gasteiger partial charge < -0.3 is 15.2 Å². The summed E-state index contributed by atoms with van der Waals surface area (Å²) in [6, 6.07) is 6.25. The number of aromatic carboxylic acids is 1. The van der Waals surface area contributed by atoms with Gasteiger partial charge in [0.25, 0.3) is 0 Å². The number of ether oxygens (including phenoxy) is 1. The van der Waals surface area contributed by atoms with E-state index in [9.17, 15) is 19.5 Å². The smallest absolute Gasteiger partial charge is 0.337 e. The molecule has 7 heteroatoms. The largest absolute Gasteiger partial charge is 0.478 e. The third-order valence-electron chi connectivity index (χ3n) is 5.24. The number of carboxylic acids is 1. The van der Waals surface area contributed by atoms with Crippen molar-refractivity contribution < 1.29 is 24.2 Å². The fraction of sp³-hybridized carbons (Fsp3) is 0.438. The van der Waals surface area contributed by atoms with E-state index in [0.29, 0.717) is 0 Å². The Kier molecular flexibility index (Phi) is 3.23. The molecular formula is C16H14BrNO5. The van der Waals surface area contributed by atoms with Crippen molar-refractivity contribution >= 4 is 39.5 Å². The molecule has 2 saturated carbocycles. The number of halogens is 1. The molecule has 3 fully saturated rings. The summed E-state index contributed by atoms with van der Waals surface area (Å²) in [5.74, 6) is -2.48. The van der Waals surface area contributed by atoms with Crippen LogP contribution >= 0.6 is 15.9 Å². The number of carbonyl (C=O) groups is 3. The van der Waals surface area contributed by atoms with Gasteiger partial charge in [-0.3, -0.25) is 9.59 Å². The van der Waals surface area contributed by atoms with Crippen molar-refractivity contribution in [3.63, 3.8) is 0 Å². The number of hydrogen-bond donors (Lipinski definition) is 2. The Morgan fingerprint density at radius 2 is 2.00 bits per heavy atom. The van der Waals surface area contributed by atoms with Crippen LogP contribution in [0, 0.1) is 23.7 Å². The molecule has 1 saturated heterocycles. The van der Waals surface area contributed by atoms with Crippen molar-refractivity contribution in [2.45, 2.75) is 17.4 Å². The zero-order valence-corrected chi connectivity index (χ0v) is 13.5. The molecule has 1 heterocycles. The molecule has 0 spiro atoms. The Bertz CT molecular complexity index is 720. The van der Waals surface area contributed by atoms with Crippen LogP contribution in [0.4, 0.5) is 5.69 Å². The van der Waals surface area contributed by atoms with Gasteiger partial charge in [-0.05, 0) is 24.5 Å². The fourth-order valence-electron chi connectivity index (χ4n) is 4.33. The molecule has 3 aliphatic rings. The van der Waals surface area contributed by atoms with Gasteiger partial charge in [-0.15, -0.1) is 0 Å². The number of hydrogen-bond acceptors (Lipinski definition) is 4. The molecule has 1 aliphatic heterocycles. The summed E-state index contributed by atoms with van der Waals surface area (Å²) < 4.78 is 5.38. The molecule has 2 aliphatic carbocycles. The summed E-state index contributed by atoms with van der Waals surface area (Å²) in [6.45, 7) is 0. The van der Waals surface area contributed by atoms with E-state index >= 15 is 0 Å². The fourth-order valence-corrected chi connectivity index (χ4v) is 5.37. The van der Waals surface area contributed by atoms with Crippen LogP contribution in [-0.4, -0.2) is 33.9 Å². The summed E-state index contributed by atoms with van der Waals surface area (Å²) in [4.78, 5) is 36.0. The molecule has 120 valence electrons. The van der Waals surface area contributed by atoms with E-state index in [0.717, 1.165) is 6.42 Å². The number of amides is 1. The number of carbonyl (C=O) groups excluding carboxylic acids is 2. The van der Waals surface area contributed by atoms with Crippen LogP contribution in [-0.2, 0) is 14.3 Å². The van der Waals surface area contributed by atoms with Crippen molar-refractivity contribution in [1.29, 1.82) is 0 Å². The van der Waals surface area contributed by atoms with E-state index < -0.39 is 17.8 Å². The predicted molar refractivity (Wildman–Crippen MR) is 83.2 cm³/mol. The first-order valence-electron chi connectivity index (χ1n) is 7.47. The monoisotopic (exact) mass is 379 g/mol. The summed E-state index contributed by atoms with van der Waals surface area (Å²) >= 11 is 3.56. The summed E-state index contributed by atoms with van der Waals surface area (Å²) in [6.07, 6.45) is 0.656. The number of nitrogens with one attached hydrogen (secondary N) is 1. The highest BCUT2D eigenvalue weighted by Crippen LogP contribution is 2.60. The first-order valence-corrected chi connectivity index (χ1v) is 8.38. The SMILES string of the molecule is O=C(O)c1ccccc1NC(=O)[C@@H]1[C@H]2C[C@H]3[C@H](OC(=O)[C@H]31)[C@H]2Br. The molecule has 1 aromatic carbocycles. The quantitative estimate of drug-likeness (QED) is 0.617. The number of rotatable bonds is 3. The average Bonchev–Trinajstić information content (AvgIpc) is 3.11. The zero-order valence-electron chi connectivity index (χ0n) is 11.9. The molecule has 0 unspecified atom stereocenters. The molecule has 1 aromatic rings. The van der Waals surface area contributed by atoms with Crippen molar-refractivity contribution in [3.05, 3.63) is 29.8 Å². The normalized spacial score (nSPS) is 36.8. The Labute approximate surface area is 140 Å². The summed E-state index contributed by atoms with van der Waals surface area (Å²) in [5, 5.41) is 11.9. The highest BCUT2D eigenvalue weighted by Gasteiger charge is 2.67. The Morgan fingerprint density at radius 1 is 1.26 bits per heavy atom. The predicted octanol–water partition coefficient (Wildman–Crippen LogP) is 1.89. The minimum Gasteiger partial charge on any atom is -0.478 e. The lowest BCUT2D eigenvalue weighted by Gasteiger charge is -2.27. The molecule has 6 atom stereocenters. The number of carboxylic acid groups (broad SMARTS) is 1. The van der Waals surface area contributed by atoms with Gasteiger partial charge >= 0.3 is 11.9 Å². The molecule has 0 aromatic heterocycles. The zero-order chi connectivity index (χ0) is 16.3. The van der Waals surface area contributed by atoms with Crippen molar-refractivity contribution in [3.8, 4) is 0 Å². The van der Waals surface area contributed by atoms with Gasteiger partial charge in [0, 0.05) is 5.92 Å². The first kappa shape index (κ1) is 14.7. The van der Waals surface area contributed by atoms with Gasteiger partial charge in [0.1, 0.15) is 6.10 Å². The highest BCUT2D eigenvalue weighted by molar-refractivity contribution is 9.09. The van der Waals surface area contributed by atoms with E-state index in [2.05, 4.69) is 21.2 Å². The minimum absolute atomic E-state index is 0.0133. The lowest BCUT2D eigenvalue weighted by Crippen LogP contribution is -2.40. The summed E-state index contributed by atoms with van der Waals surface area (Å²) in [5.41, 5.74) is 0.285. The van der Waals surface area contributed by atoms with Gasteiger partial charge in [-0.25, -0.2) is 4.79 Å². The summed E-state index contributed by atoms with van der Waals surface area (Å²) in [7, 11) is 0. The van der Waals surface area contributed by atoms with Crippen LogP contribution in [0.15, 0.2) is 24.3 Å². The van der Waals surface area contributed by atoms with Crippen LogP contribution in [0.1, 0.15) is 16.8 Å². The van der Waals surface area contributed by atoms with Crippen molar-refractivity contribution in [2.75, 3.05) is 5.32 Å². The molecule has 6 nitrogen and oxygen atoms in total. The second-order valence-corrected chi connectivity index (χ2v) is 7.36. The second kappa shape index (κ2) is 5.06. The lowest BCUT2D eigenvalue weighted by molar-refractivity contribution is -0.145. The lowest BCUT2D eigenvalue weighted by atomic mass is 9.79. The van der Waals surface area contributed by atoms with Crippen LogP contribution in [0.2, 0.25) is 0 Å². The standard InChI is InChI=1S/C16H14BrNO5/c17-12-7-5-8-11(16(22)23-13(8)12)10(7)14(19)18-9-4-2-1-3-6(9)15(20)21/h1-4,7-8,10-13H,5H2,(H,18,19)(H,20,21)/t7-,8-,10-,11-,12+,13+/m1/s1. The average molecular weight is 380 g/mol. The third kappa shape index (κ3) is 2.02. The Hall–Kier alpha value is -1.89. The van der Waals surface area contributed by atoms with E-state index in [1.54, 1.807) is 18.2 Å². The molecule has 2 N–H and O–H groups in total. The number of anilines is 1. The van der Waals surface area contributed by atoms with Gasteiger partial charge in [0.2, 0.25) is 5.91 Å². The topological polar surface area (TPSA) is 92.7 Å². The van der Waals surface area contributed by atoms with E-state index in [1.165, 1.54) is 6.07 Å². The highest BCUT2D eigenvalue weighted by atomic mass is 79.9. The van der Waals surface area contributed by atoms with E-state index in [4.69, 9.17) is 4.74 Å². The van der Waals surface area contributed by atoms with E-state index in [1.807, 2.05) is 0 Å². The molecule has 2 bridgehead atoms. The second-order valence-electron chi connectivity index (χ2n) is 6.30. The van der Waals surface area contributed by atoms with Crippen molar-refractivity contribution in [1.82, 2.24) is 0 Å². The van der Waals surface area contributed by atoms with Crippen molar-refractivity contribution in [2.24, 2.45) is 23.7 Å². The van der Waals surface area contributed by atoms with Crippen LogP contribution in [0.5, 0.6) is 0 Å². The maximum Gasteiger partial charge on any atom is 0.337 e. The molecule has 1 amide bonds. The van der Waals surface area contributed by atoms with Crippen LogP contribution in [0.25, 0.3) is 0 Å². The van der Waals surface area contributed by atoms with Crippen LogP contribution < -0.4 is 5.32 Å². The molecule has 4 rings (SSSR count). The number of alkyl halides is 1. The number of fused-ring (bicyclic) bond motifs is 1. The molecule has 23 heavy (non-hydrogen) atoms. The third-order valence-corrected chi connectivity index (χ3v) is 6.44. The first-order chi connectivity index (χ1) is 11.0. The van der Waals surface area contributed by atoms with Gasteiger partial charge in [-0.1, -0.05) is 28.1 Å². The number of para-hydroxylation sites is 1. The van der Waals surface area contributed by atoms with Crippen LogP contribution in [0.3, 0.4) is 0 Å². The number of esters is 1.